The minimum absolute atomic E-state index is 0.0603. The average molecular weight is 342 g/mol. The van der Waals surface area contributed by atoms with Crippen LogP contribution < -0.4 is 10.2 Å². The minimum Gasteiger partial charge on any atom is -0.326 e. The smallest absolute Gasteiger partial charge is 0.293 e. The van der Waals surface area contributed by atoms with E-state index < -0.39 is 17.4 Å². The van der Waals surface area contributed by atoms with Gasteiger partial charge < -0.3 is 10.2 Å². The van der Waals surface area contributed by atoms with Crippen LogP contribution in [0.1, 0.15) is 25.8 Å². The van der Waals surface area contributed by atoms with Crippen LogP contribution in [0.5, 0.6) is 0 Å². The molecule has 6 nitrogen and oxygen atoms in total. The summed E-state index contributed by atoms with van der Waals surface area (Å²) in [5, 5.41) is 2.02. The molecule has 6 heteroatoms. The first-order valence-corrected chi connectivity index (χ1v) is 8.85. The van der Waals surface area contributed by atoms with Gasteiger partial charge in [-0.05, 0) is 12.0 Å². The number of amides is 3. The van der Waals surface area contributed by atoms with Crippen molar-refractivity contribution in [3.8, 4) is 0 Å². The van der Waals surface area contributed by atoms with Crippen LogP contribution in [0, 0.1) is 17.8 Å². The van der Waals surface area contributed by atoms with Crippen molar-refractivity contribution in [1.82, 2.24) is 4.90 Å². The molecule has 2 fully saturated rings. The zero-order valence-electron chi connectivity index (χ0n) is 15.0. The first kappa shape index (κ1) is 16.3. The highest BCUT2D eigenvalue weighted by atomic mass is 16.2. The molecule has 2 N–H and O–H groups in total. The summed E-state index contributed by atoms with van der Waals surface area (Å²) in [6.45, 7) is 4.21. The van der Waals surface area contributed by atoms with Crippen LogP contribution in [-0.4, -0.2) is 42.8 Å². The van der Waals surface area contributed by atoms with Gasteiger partial charge in [0.1, 0.15) is 17.9 Å². The van der Waals surface area contributed by atoms with E-state index >= 15 is 0 Å². The van der Waals surface area contributed by atoms with Gasteiger partial charge in [0.25, 0.3) is 5.91 Å². The highest BCUT2D eigenvalue weighted by Crippen LogP contribution is 2.50. The molecular formula is C19H24N3O3+. The minimum atomic E-state index is -1.01. The third-order valence-electron chi connectivity index (χ3n) is 6.11. The molecular weight excluding hydrogens is 318 g/mol. The Kier molecular flexibility index (Phi) is 3.35. The highest BCUT2D eigenvalue weighted by molar-refractivity contribution is 6.14. The number of imide groups is 1. The fourth-order valence-electron chi connectivity index (χ4n) is 5.13. The van der Waals surface area contributed by atoms with E-state index in [2.05, 4.69) is 13.8 Å². The maximum Gasteiger partial charge on any atom is 0.293 e. The molecule has 25 heavy (non-hydrogen) atoms. The normalized spacial score (nSPS) is 33.8. The van der Waals surface area contributed by atoms with Crippen molar-refractivity contribution in [1.29, 1.82) is 0 Å². The number of hydrogen-bond donors (Lipinski definition) is 1. The summed E-state index contributed by atoms with van der Waals surface area (Å²) >= 11 is 0. The van der Waals surface area contributed by atoms with Gasteiger partial charge in [-0.15, -0.1) is 0 Å². The number of hydrogen-bond acceptors (Lipinski definition) is 3. The Morgan fingerprint density at radius 2 is 1.76 bits per heavy atom. The van der Waals surface area contributed by atoms with Crippen LogP contribution in [-0.2, 0) is 19.9 Å². The third kappa shape index (κ3) is 1.86. The van der Waals surface area contributed by atoms with E-state index in [-0.39, 0.29) is 23.8 Å². The van der Waals surface area contributed by atoms with E-state index in [4.69, 9.17) is 0 Å². The fraction of sp³-hybridized carbons (Fsp3) is 0.526. The van der Waals surface area contributed by atoms with Gasteiger partial charge in [0, 0.05) is 26.1 Å². The monoisotopic (exact) mass is 342 g/mol. The molecule has 0 bridgehead atoms. The Hall–Kier alpha value is -2.21. The van der Waals surface area contributed by atoms with Crippen molar-refractivity contribution in [2.75, 3.05) is 19.0 Å². The van der Waals surface area contributed by atoms with Gasteiger partial charge in [-0.2, -0.15) is 0 Å². The summed E-state index contributed by atoms with van der Waals surface area (Å²) in [5.74, 6) is -1.12. The van der Waals surface area contributed by atoms with E-state index in [9.17, 15) is 14.4 Å². The predicted octanol–water partition coefficient (Wildman–Crippen LogP) is 0.0810. The SMILES string of the molecule is CC(C)C[C@H]1[NH2+][C@]2(C(=O)N(C)c3ccccc32)[C@@H]2C(=O)N(C)C(=O)[C@H]21. The van der Waals surface area contributed by atoms with E-state index in [1.807, 2.05) is 29.6 Å². The Bertz CT molecular complexity index is 790. The zero-order chi connectivity index (χ0) is 18.1. The first-order chi connectivity index (χ1) is 11.8. The van der Waals surface area contributed by atoms with Crippen LogP contribution in [0.25, 0.3) is 0 Å². The highest BCUT2D eigenvalue weighted by Gasteiger charge is 2.74. The largest absolute Gasteiger partial charge is 0.326 e. The molecule has 1 spiro atoms. The maximum atomic E-state index is 13.3. The molecule has 3 heterocycles. The second-order valence-electron chi connectivity index (χ2n) is 7.95. The molecule has 0 unspecified atom stereocenters. The first-order valence-electron chi connectivity index (χ1n) is 8.85. The van der Waals surface area contributed by atoms with Gasteiger partial charge in [0.15, 0.2) is 0 Å². The summed E-state index contributed by atoms with van der Waals surface area (Å²) in [7, 11) is 3.29. The Balaban J connectivity index is 1.92. The van der Waals surface area contributed by atoms with Crippen molar-refractivity contribution in [3.63, 3.8) is 0 Å². The van der Waals surface area contributed by atoms with Crippen molar-refractivity contribution in [3.05, 3.63) is 29.8 Å². The van der Waals surface area contributed by atoms with E-state index in [1.165, 1.54) is 11.9 Å². The van der Waals surface area contributed by atoms with Crippen LogP contribution >= 0.6 is 0 Å². The summed E-state index contributed by atoms with van der Waals surface area (Å²) in [4.78, 5) is 42.0. The number of para-hydroxylation sites is 1. The molecule has 132 valence electrons. The topological polar surface area (TPSA) is 74.3 Å². The van der Waals surface area contributed by atoms with Crippen molar-refractivity contribution in [2.24, 2.45) is 17.8 Å². The summed E-state index contributed by atoms with van der Waals surface area (Å²) in [5.41, 5.74) is 0.690. The second kappa shape index (κ2) is 5.14. The van der Waals surface area contributed by atoms with Gasteiger partial charge in [0.05, 0.1) is 5.69 Å². The van der Waals surface area contributed by atoms with Crippen molar-refractivity contribution >= 4 is 23.4 Å². The lowest BCUT2D eigenvalue weighted by Crippen LogP contribution is -2.99. The number of carbonyl (C=O) groups excluding carboxylic acids is 3. The number of carbonyl (C=O) groups is 3. The Labute approximate surface area is 147 Å². The number of rotatable bonds is 2. The molecule has 0 radical (unpaired) electrons. The quantitative estimate of drug-likeness (QED) is 0.774. The van der Waals surface area contributed by atoms with E-state index in [1.54, 1.807) is 11.9 Å². The number of anilines is 1. The van der Waals surface area contributed by atoms with Crippen LogP contribution in [0.4, 0.5) is 5.69 Å². The lowest BCUT2D eigenvalue weighted by molar-refractivity contribution is -0.734. The van der Waals surface area contributed by atoms with Gasteiger partial charge in [-0.3, -0.25) is 19.3 Å². The third-order valence-corrected chi connectivity index (χ3v) is 6.11. The summed E-state index contributed by atoms with van der Waals surface area (Å²) < 4.78 is 0. The number of nitrogens with zero attached hydrogens (tertiary/aromatic N) is 2. The summed E-state index contributed by atoms with van der Waals surface area (Å²) in [6, 6.07) is 7.57. The lowest BCUT2D eigenvalue weighted by Gasteiger charge is -2.26. The number of fused-ring (bicyclic) bond motifs is 4. The standard InChI is InChI=1S/C19H23N3O3/c1-10(2)9-12-14-15(17(24)22(4)16(14)23)19(20-12)11-7-5-6-8-13(11)21(3)18(19)25/h5-8,10,12,14-15,20H,9H2,1-4H3/p+1/t12-,14+,15+,19+/m1/s1. The zero-order valence-corrected chi connectivity index (χ0v) is 15.0. The van der Waals surface area contributed by atoms with Gasteiger partial charge in [-0.1, -0.05) is 32.0 Å². The molecule has 4 atom stereocenters. The molecule has 2 saturated heterocycles. The molecule has 3 aliphatic rings. The van der Waals surface area contributed by atoms with Crippen LogP contribution in [0.3, 0.4) is 0 Å². The van der Waals surface area contributed by atoms with Gasteiger partial charge in [-0.25, -0.2) is 0 Å². The predicted molar refractivity (Wildman–Crippen MR) is 91.5 cm³/mol. The van der Waals surface area contributed by atoms with Crippen molar-refractivity contribution in [2.45, 2.75) is 31.8 Å². The van der Waals surface area contributed by atoms with Gasteiger partial charge in [0.2, 0.25) is 17.4 Å². The van der Waals surface area contributed by atoms with E-state index in [0.717, 1.165) is 17.7 Å². The number of nitrogens with two attached hydrogens (primary N) is 1. The average Bonchev–Trinajstić information content (AvgIpc) is 3.10. The van der Waals surface area contributed by atoms with Crippen LogP contribution in [0.2, 0.25) is 0 Å². The fourth-order valence-corrected chi connectivity index (χ4v) is 5.13. The number of quaternary nitrogens is 1. The molecule has 0 saturated carbocycles. The Morgan fingerprint density at radius 1 is 1.08 bits per heavy atom. The molecule has 0 aliphatic carbocycles. The molecule has 4 rings (SSSR count). The molecule has 3 aliphatic heterocycles. The van der Waals surface area contributed by atoms with Gasteiger partial charge >= 0.3 is 0 Å². The number of likely N-dealkylation sites (N-methyl/N-ethyl adjacent to an activating group) is 1. The van der Waals surface area contributed by atoms with E-state index in [0.29, 0.717) is 5.92 Å². The molecule has 0 aromatic heterocycles. The van der Waals surface area contributed by atoms with Crippen LogP contribution in [0.15, 0.2) is 24.3 Å². The Morgan fingerprint density at radius 3 is 2.44 bits per heavy atom. The van der Waals surface area contributed by atoms with Crippen molar-refractivity contribution < 1.29 is 19.7 Å². The number of likely N-dealkylation sites (tertiary alicyclic amines) is 1. The molecule has 3 amide bonds. The summed E-state index contributed by atoms with van der Waals surface area (Å²) in [6.07, 6.45) is 0.801. The maximum absolute atomic E-state index is 13.3. The molecule has 1 aromatic carbocycles. The molecule has 1 aromatic rings. The number of benzene rings is 1. The lowest BCUT2D eigenvalue weighted by atomic mass is 9.76. The second-order valence-corrected chi connectivity index (χ2v) is 7.95.